The SMILES string of the molecule is Cc1ccc(N2C(=O)CCC(C(=O)N3CCC(C(=O)N4CCCC4)CC3)C2c2cccs2)cc1. The van der Waals surface area contributed by atoms with Crippen molar-refractivity contribution in [1.29, 1.82) is 0 Å². The second-order valence-corrected chi connectivity index (χ2v) is 10.8. The van der Waals surface area contributed by atoms with Crippen LogP contribution in [0.2, 0.25) is 0 Å². The lowest BCUT2D eigenvalue weighted by atomic mass is 9.85. The number of anilines is 1. The van der Waals surface area contributed by atoms with E-state index in [9.17, 15) is 14.4 Å². The molecule has 2 aromatic rings. The minimum atomic E-state index is -0.291. The summed E-state index contributed by atoms with van der Waals surface area (Å²) < 4.78 is 0. The van der Waals surface area contributed by atoms with Gasteiger partial charge in [0.1, 0.15) is 0 Å². The first-order valence-electron chi connectivity index (χ1n) is 12.5. The van der Waals surface area contributed by atoms with Crippen LogP contribution < -0.4 is 4.90 Å². The van der Waals surface area contributed by atoms with Gasteiger partial charge in [-0.3, -0.25) is 14.4 Å². The van der Waals surface area contributed by atoms with Gasteiger partial charge in [0.05, 0.1) is 12.0 Å². The fraction of sp³-hybridized carbons (Fsp3) is 0.519. The van der Waals surface area contributed by atoms with E-state index in [0.29, 0.717) is 25.9 Å². The maximum absolute atomic E-state index is 13.8. The number of benzene rings is 1. The van der Waals surface area contributed by atoms with Crippen LogP contribution >= 0.6 is 11.3 Å². The summed E-state index contributed by atoms with van der Waals surface area (Å²) in [4.78, 5) is 46.6. The molecule has 5 rings (SSSR count). The molecule has 6 nitrogen and oxygen atoms in total. The summed E-state index contributed by atoms with van der Waals surface area (Å²) in [5.74, 6) is 0.224. The third kappa shape index (κ3) is 4.50. The number of carbonyl (C=O) groups is 3. The summed E-state index contributed by atoms with van der Waals surface area (Å²) in [6.45, 7) is 5.03. The van der Waals surface area contributed by atoms with Crippen molar-refractivity contribution in [2.75, 3.05) is 31.1 Å². The molecule has 0 spiro atoms. The van der Waals surface area contributed by atoms with Crippen LogP contribution in [0.15, 0.2) is 41.8 Å². The average Bonchev–Trinajstić information content (AvgIpc) is 3.59. The molecule has 0 radical (unpaired) electrons. The zero-order valence-corrected chi connectivity index (χ0v) is 20.6. The Balaban J connectivity index is 1.34. The van der Waals surface area contributed by atoms with Crippen LogP contribution in [0.1, 0.15) is 55.0 Å². The van der Waals surface area contributed by atoms with Crippen molar-refractivity contribution in [3.05, 3.63) is 52.2 Å². The van der Waals surface area contributed by atoms with E-state index in [1.165, 1.54) is 0 Å². The van der Waals surface area contributed by atoms with Crippen molar-refractivity contribution in [3.8, 4) is 0 Å². The summed E-state index contributed by atoms with van der Waals surface area (Å²) in [5, 5.41) is 2.01. The Morgan fingerprint density at radius 2 is 1.56 bits per heavy atom. The highest BCUT2D eigenvalue weighted by Crippen LogP contribution is 2.42. The minimum absolute atomic E-state index is 0.0345. The predicted octanol–water partition coefficient (Wildman–Crippen LogP) is 4.40. The number of hydrogen-bond donors (Lipinski definition) is 0. The monoisotopic (exact) mass is 479 g/mol. The number of piperidine rings is 2. The van der Waals surface area contributed by atoms with Crippen LogP contribution in [0.25, 0.3) is 0 Å². The first kappa shape index (κ1) is 23.1. The number of amides is 3. The van der Waals surface area contributed by atoms with Crippen molar-refractivity contribution >= 4 is 34.7 Å². The van der Waals surface area contributed by atoms with E-state index in [-0.39, 0.29) is 35.6 Å². The van der Waals surface area contributed by atoms with Gasteiger partial charge in [-0.25, -0.2) is 0 Å². The van der Waals surface area contributed by atoms with Crippen molar-refractivity contribution in [1.82, 2.24) is 9.80 Å². The van der Waals surface area contributed by atoms with E-state index in [4.69, 9.17) is 0 Å². The third-order valence-electron chi connectivity index (χ3n) is 7.63. The van der Waals surface area contributed by atoms with Gasteiger partial charge in [-0.15, -0.1) is 11.3 Å². The third-order valence-corrected chi connectivity index (χ3v) is 8.58. The maximum atomic E-state index is 13.8. The molecular weight excluding hydrogens is 446 g/mol. The maximum Gasteiger partial charge on any atom is 0.228 e. The molecule has 7 heteroatoms. The Labute approximate surface area is 205 Å². The van der Waals surface area contributed by atoms with E-state index in [2.05, 4.69) is 0 Å². The average molecular weight is 480 g/mol. The van der Waals surface area contributed by atoms with E-state index < -0.39 is 0 Å². The molecule has 34 heavy (non-hydrogen) atoms. The van der Waals surface area contributed by atoms with Crippen molar-refractivity contribution in [2.45, 2.75) is 51.5 Å². The van der Waals surface area contributed by atoms with Gasteiger partial charge in [0.2, 0.25) is 17.7 Å². The van der Waals surface area contributed by atoms with Gasteiger partial charge in [0.15, 0.2) is 0 Å². The number of rotatable bonds is 4. The zero-order valence-electron chi connectivity index (χ0n) is 19.8. The van der Waals surface area contributed by atoms with E-state index in [1.54, 1.807) is 11.3 Å². The van der Waals surface area contributed by atoms with Gasteiger partial charge in [-0.1, -0.05) is 23.8 Å². The molecule has 4 heterocycles. The number of hydrogen-bond acceptors (Lipinski definition) is 4. The quantitative estimate of drug-likeness (QED) is 0.653. The second-order valence-electron chi connectivity index (χ2n) is 9.84. The van der Waals surface area contributed by atoms with Crippen LogP contribution in [0.3, 0.4) is 0 Å². The number of likely N-dealkylation sites (tertiary alicyclic amines) is 2. The van der Waals surface area contributed by atoms with E-state index in [1.807, 2.05) is 63.4 Å². The minimum Gasteiger partial charge on any atom is -0.342 e. The molecule has 3 fully saturated rings. The van der Waals surface area contributed by atoms with E-state index in [0.717, 1.165) is 54.9 Å². The Kier molecular flexibility index (Phi) is 6.73. The highest BCUT2D eigenvalue weighted by molar-refractivity contribution is 7.10. The highest BCUT2D eigenvalue weighted by atomic mass is 32.1. The van der Waals surface area contributed by atoms with Crippen LogP contribution in [0.5, 0.6) is 0 Å². The summed E-state index contributed by atoms with van der Waals surface area (Å²) >= 11 is 1.60. The second kappa shape index (κ2) is 9.90. The predicted molar refractivity (Wildman–Crippen MR) is 134 cm³/mol. The van der Waals surface area contributed by atoms with Crippen LogP contribution in [0.4, 0.5) is 5.69 Å². The molecule has 3 amide bonds. The van der Waals surface area contributed by atoms with E-state index >= 15 is 0 Å². The zero-order chi connectivity index (χ0) is 23.7. The van der Waals surface area contributed by atoms with Crippen molar-refractivity contribution in [2.24, 2.45) is 11.8 Å². The molecule has 2 atom stereocenters. The lowest BCUT2D eigenvalue weighted by molar-refractivity contribution is -0.143. The Hall–Kier alpha value is -2.67. The lowest BCUT2D eigenvalue weighted by Gasteiger charge is -2.43. The van der Waals surface area contributed by atoms with Gasteiger partial charge >= 0.3 is 0 Å². The normalized spacial score (nSPS) is 24.0. The molecule has 3 saturated heterocycles. The number of nitrogens with zero attached hydrogens (tertiary/aromatic N) is 3. The molecule has 0 saturated carbocycles. The number of carbonyl (C=O) groups excluding carboxylic acids is 3. The number of thiophene rings is 1. The summed E-state index contributed by atoms with van der Waals surface area (Å²) in [5.41, 5.74) is 1.99. The Morgan fingerprint density at radius 1 is 0.882 bits per heavy atom. The standard InChI is InChI=1S/C27H33N3O3S/c1-19-6-8-21(9-7-19)30-24(31)11-10-22(25(30)23-5-4-18-34-23)27(33)29-16-12-20(13-17-29)26(32)28-14-2-3-15-28/h4-9,18,20,22,25H,2-3,10-17H2,1H3. The molecule has 180 valence electrons. The molecule has 0 aliphatic carbocycles. The van der Waals surface area contributed by atoms with Crippen molar-refractivity contribution < 1.29 is 14.4 Å². The molecule has 0 N–H and O–H groups in total. The van der Waals surface area contributed by atoms with Gasteiger partial charge < -0.3 is 14.7 Å². The first-order valence-corrected chi connectivity index (χ1v) is 13.4. The Bertz CT molecular complexity index is 1020. The smallest absolute Gasteiger partial charge is 0.228 e. The molecule has 3 aliphatic heterocycles. The molecule has 1 aromatic heterocycles. The first-order chi connectivity index (χ1) is 16.5. The lowest BCUT2D eigenvalue weighted by Crippen LogP contribution is -2.51. The topological polar surface area (TPSA) is 60.9 Å². The van der Waals surface area contributed by atoms with Gasteiger partial charge in [0, 0.05) is 49.1 Å². The summed E-state index contributed by atoms with van der Waals surface area (Å²) in [6.07, 6.45) is 4.61. The summed E-state index contributed by atoms with van der Waals surface area (Å²) in [7, 11) is 0. The Morgan fingerprint density at radius 3 is 2.21 bits per heavy atom. The molecule has 3 aliphatic rings. The van der Waals surface area contributed by atoms with Crippen LogP contribution in [-0.4, -0.2) is 53.7 Å². The van der Waals surface area contributed by atoms with Crippen LogP contribution in [0, 0.1) is 18.8 Å². The number of aryl methyl sites for hydroxylation is 1. The fourth-order valence-electron chi connectivity index (χ4n) is 5.72. The molecule has 1 aromatic carbocycles. The van der Waals surface area contributed by atoms with Crippen LogP contribution in [-0.2, 0) is 14.4 Å². The van der Waals surface area contributed by atoms with Gasteiger partial charge in [-0.05, 0) is 62.6 Å². The molecular formula is C27H33N3O3S. The molecule has 0 bridgehead atoms. The van der Waals surface area contributed by atoms with Gasteiger partial charge in [-0.2, -0.15) is 0 Å². The fourth-order valence-corrected chi connectivity index (χ4v) is 6.60. The van der Waals surface area contributed by atoms with Gasteiger partial charge in [0.25, 0.3) is 0 Å². The molecule has 2 unspecified atom stereocenters. The highest BCUT2D eigenvalue weighted by Gasteiger charge is 2.44. The summed E-state index contributed by atoms with van der Waals surface area (Å²) in [6, 6.07) is 11.7. The largest absolute Gasteiger partial charge is 0.342 e. The van der Waals surface area contributed by atoms with Crippen molar-refractivity contribution in [3.63, 3.8) is 0 Å².